The molecule has 1 aliphatic carbocycles. The molecule has 17 heavy (non-hydrogen) atoms. The minimum Gasteiger partial charge on any atom is -0.0654 e. The minimum absolute atomic E-state index is 0.942. The van der Waals surface area contributed by atoms with Crippen LogP contribution in [-0.2, 0) is 0 Å². The topological polar surface area (TPSA) is 0 Å². The largest absolute Gasteiger partial charge is 0.0654 e. The Labute approximate surface area is 110 Å². The Balaban J connectivity index is 2.30. The van der Waals surface area contributed by atoms with Gasteiger partial charge in [-0.05, 0) is 42.9 Å². The fraction of sp³-hybridized carbons (Fsp3) is 1.00. The number of hydrogen-bond donors (Lipinski definition) is 0. The number of hydrogen-bond acceptors (Lipinski definition) is 0. The van der Waals surface area contributed by atoms with Crippen molar-refractivity contribution in [2.45, 2.75) is 85.5 Å². The Morgan fingerprint density at radius 1 is 1.00 bits per heavy atom. The maximum Gasteiger partial charge on any atom is -0.0383 e. The van der Waals surface area contributed by atoms with Crippen LogP contribution >= 0.6 is 0 Å². The SMILES string of the molecule is CCCC1CCC(C(CC)CCC(C)CC)C1. The van der Waals surface area contributed by atoms with E-state index in [4.69, 9.17) is 0 Å². The third kappa shape index (κ3) is 5.02. The molecule has 1 saturated carbocycles. The van der Waals surface area contributed by atoms with E-state index in [2.05, 4.69) is 27.7 Å². The van der Waals surface area contributed by atoms with E-state index in [-0.39, 0.29) is 0 Å². The van der Waals surface area contributed by atoms with Crippen LogP contribution in [0.15, 0.2) is 0 Å². The van der Waals surface area contributed by atoms with Gasteiger partial charge in [0, 0.05) is 0 Å². The van der Waals surface area contributed by atoms with Gasteiger partial charge in [0.25, 0.3) is 0 Å². The average Bonchev–Trinajstić information content (AvgIpc) is 2.78. The number of rotatable bonds is 8. The molecule has 102 valence electrons. The first-order chi connectivity index (χ1) is 8.21. The third-order valence-electron chi connectivity index (χ3n) is 5.20. The molecule has 4 unspecified atom stereocenters. The molecule has 0 amide bonds. The Hall–Kier alpha value is 0. The van der Waals surface area contributed by atoms with Crippen molar-refractivity contribution in [3.63, 3.8) is 0 Å². The highest BCUT2D eigenvalue weighted by atomic mass is 14.3. The van der Waals surface area contributed by atoms with Gasteiger partial charge in [0.1, 0.15) is 0 Å². The normalized spacial score (nSPS) is 28.2. The van der Waals surface area contributed by atoms with Crippen LogP contribution in [0.1, 0.15) is 85.5 Å². The van der Waals surface area contributed by atoms with Gasteiger partial charge in [0.05, 0.1) is 0 Å². The van der Waals surface area contributed by atoms with Crippen molar-refractivity contribution in [1.82, 2.24) is 0 Å². The van der Waals surface area contributed by atoms with Gasteiger partial charge in [-0.15, -0.1) is 0 Å². The molecule has 1 fully saturated rings. The molecule has 4 atom stereocenters. The Morgan fingerprint density at radius 2 is 1.76 bits per heavy atom. The summed E-state index contributed by atoms with van der Waals surface area (Å²) >= 11 is 0. The fourth-order valence-corrected chi connectivity index (χ4v) is 3.69. The van der Waals surface area contributed by atoms with Crippen LogP contribution in [0.4, 0.5) is 0 Å². The molecule has 0 radical (unpaired) electrons. The highest BCUT2D eigenvalue weighted by molar-refractivity contribution is 4.80. The lowest BCUT2D eigenvalue weighted by molar-refractivity contribution is 0.275. The van der Waals surface area contributed by atoms with E-state index in [1.54, 1.807) is 6.42 Å². The van der Waals surface area contributed by atoms with Gasteiger partial charge < -0.3 is 0 Å². The van der Waals surface area contributed by atoms with Crippen molar-refractivity contribution >= 4 is 0 Å². The van der Waals surface area contributed by atoms with Crippen LogP contribution in [-0.4, -0.2) is 0 Å². The lowest BCUT2D eigenvalue weighted by Crippen LogP contribution is -2.13. The summed E-state index contributed by atoms with van der Waals surface area (Å²) in [5.74, 6) is 4.12. The molecular formula is C17H34. The van der Waals surface area contributed by atoms with Gasteiger partial charge in [0.15, 0.2) is 0 Å². The third-order valence-corrected chi connectivity index (χ3v) is 5.20. The van der Waals surface area contributed by atoms with Crippen molar-refractivity contribution in [1.29, 1.82) is 0 Å². The summed E-state index contributed by atoms with van der Waals surface area (Å²) in [6.45, 7) is 9.50. The summed E-state index contributed by atoms with van der Waals surface area (Å²) in [4.78, 5) is 0. The van der Waals surface area contributed by atoms with Crippen LogP contribution in [0.2, 0.25) is 0 Å². The summed E-state index contributed by atoms with van der Waals surface area (Å²) in [7, 11) is 0. The zero-order valence-corrected chi connectivity index (χ0v) is 12.7. The lowest BCUT2D eigenvalue weighted by Gasteiger charge is -2.23. The smallest absolute Gasteiger partial charge is 0.0383 e. The van der Waals surface area contributed by atoms with Crippen LogP contribution in [0.5, 0.6) is 0 Å². The van der Waals surface area contributed by atoms with E-state index in [9.17, 15) is 0 Å². The average molecular weight is 238 g/mol. The Bertz CT molecular complexity index is 184. The van der Waals surface area contributed by atoms with E-state index >= 15 is 0 Å². The van der Waals surface area contributed by atoms with Crippen LogP contribution in [0.25, 0.3) is 0 Å². The molecule has 0 heterocycles. The molecule has 0 nitrogen and oxygen atoms in total. The van der Waals surface area contributed by atoms with Crippen LogP contribution in [0, 0.1) is 23.7 Å². The Kier molecular flexibility index (Phi) is 7.23. The molecule has 1 rings (SSSR count). The van der Waals surface area contributed by atoms with Crippen LogP contribution < -0.4 is 0 Å². The highest BCUT2D eigenvalue weighted by Gasteiger charge is 2.29. The summed E-state index contributed by atoms with van der Waals surface area (Å²) in [6, 6.07) is 0. The van der Waals surface area contributed by atoms with Gasteiger partial charge in [-0.1, -0.05) is 66.2 Å². The summed E-state index contributed by atoms with van der Waals surface area (Å²) in [5, 5.41) is 0. The quantitative estimate of drug-likeness (QED) is 0.482. The molecule has 0 heteroatoms. The highest BCUT2D eigenvalue weighted by Crippen LogP contribution is 2.41. The second kappa shape index (κ2) is 8.16. The molecule has 0 aliphatic heterocycles. The molecule has 0 bridgehead atoms. The van der Waals surface area contributed by atoms with Crippen molar-refractivity contribution in [2.75, 3.05) is 0 Å². The van der Waals surface area contributed by atoms with Gasteiger partial charge in [-0.3, -0.25) is 0 Å². The Morgan fingerprint density at radius 3 is 2.35 bits per heavy atom. The second-order valence-corrected chi connectivity index (χ2v) is 6.49. The van der Waals surface area contributed by atoms with E-state index in [1.807, 2.05) is 0 Å². The monoisotopic (exact) mass is 238 g/mol. The predicted octanol–water partition coefficient (Wildman–Crippen LogP) is 6.06. The molecule has 0 N–H and O–H groups in total. The second-order valence-electron chi connectivity index (χ2n) is 6.49. The summed E-state index contributed by atoms with van der Waals surface area (Å²) in [5.41, 5.74) is 0. The summed E-state index contributed by atoms with van der Waals surface area (Å²) in [6.07, 6.45) is 13.2. The molecule has 0 aromatic carbocycles. The van der Waals surface area contributed by atoms with Crippen molar-refractivity contribution in [2.24, 2.45) is 23.7 Å². The van der Waals surface area contributed by atoms with Gasteiger partial charge in [-0.25, -0.2) is 0 Å². The van der Waals surface area contributed by atoms with E-state index in [0.717, 1.165) is 23.7 Å². The molecule has 0 aromatic rings. The molecular weight excluding hydrogens is 204 g/mol. The van der Waals surface area contributed by atoms with Gasteiger partial charge in [-0.2, -0.15) is 0 Å². The first-order valence-corrected chi connectivity index (χ1v) is 8.21. The minimum atomic E-state index is 0.942. The molecule has 1 aliphatic rings. The van der Waals surface area contributed by atoms with Crippen molar-refractivity contribution in [3.05, 3.63) is 0 Å². The predicted molar refractivity (Wildman–Crippen MR) is 78.2 cm³/mol. The van der Waals surface area contributed by atoms with Crippen molar-refractivity contribution < 1.29 is 0 Å². The van der Waals surface area contributed by atoms with Gasteiger partial charge in [0.2, 0.25) is 0 Å². The van der Waals surface area contributed by atoms with E-state index in [0.29, 0.717) is 0 Å². The maximum absolute atomic E-state index is 2.42. The first-order valence-electron chi connectivity index (χ1n) is 8.21. The molecule has 0 spiro atoms. The molecule has 0 aromatic heterocycles. The summed E-state index contributed by atoms with van der Waals surface area (Å²) < 4.78 is 0. The van der Waals surface area contributed by atoms with Crippen molar-refractivity contribution in [3.8, 4) is 0 Å². The standard InChI is InChI=1S/C17H34/c1-5-8-15-10-12-17(13-15)16(7-3)11-9-14(4)6-2/h14-17H,5-13H2,1-4H3. The lowest BCUT2D eigenvalue weighted by atomic mass is 9.82. The zero-order valence-electron chi connectivity index (χ0n) is 12.7. The fourth-order valence-electron chi connectivity index (χ4n) is 3.69. The maximum atomic E-state index is 2.42. The van der Waals surface area contributed by atoms with E-state index < -0.39 is 0 Å². The van der Waals surface area contributed by atoms with Crippen LogP contribution in [0.3, 0.4) is 0 Å². The van der Waals surface area contributed by atoms with Gasteiger partial charge >= 0.3 is 0 Å². The first kappa shape index (κ1) is 15.1. The molecule has 0 saturated heterocycles. The van der Waals surface area contributed by atoms with E-state index in [1.165, 1.54) is 51.4 Å². The zero-order chi connectivity index (χ0) is 12.7.